The molecule has 0 bridgehead atoms. The molecule has 0 atom stereocenters. The van der Waals surface area contributed by atoms with Gasteiger partial charge in [-0.25, -0.2) is 0 Å². The molecule has 16 heavy (non-hydrogen) atoms. The van der Waals surface area contributed by atoms with E-state index in [4.69, 9.17) is 11.6 Å². The number of amides is 1. The van der Waals surface area contributed by atoms with E-state index in [1.54, 1.807) is 12.1 Å². The first-order chi connectivity index (χ1) is 7.66. The first-order valence-corrected chi connectivity index (χ1v) is 6.28. The molecule has 0 saturated carbocycles. The molecular weight excluding hydrogens is 291 g/mol. The van der Waals surface area contributed by atoms with E-state index < -0.39 is 0 Å². The molecule has 1 aromatic rings. The second-order valence-electron chi connectivity index (χ2n) is 3.86. The van der Waals surface area contributed by atoms with Crippen molar-refractivity contribution in [3.8, 4) is 0 Å². The van der Waals surface area contributed by atoms with Crippen LogP contribution in [-0.4, -0.2) is 25.5 Å². The Morgan fingerprint density at radius 1 is 1.56 bits per heavy atom. The molecule has 0 radical (unpaired) electrons. The van der Waals surface area contributed by atoms with Crippen molar-refractivity contribution in [3.05, 3.63) is 33.3 Å². The lowest BCUT2D eigenvalue weighted by Gasteiger charge is -2.27. The summed E-state index contributed by atoms with van der Waals surface area (Å²) in [5.41, 5.74) is 0.525. The van der Waals surface area contributed by atoms with E-state index in [-0.39, 0.29) is 5.91 Å². The topological polar surface area (TPSA) is 41.1 Å². The minimum absolute atomic E-state index is 0.107. The van der Waals surface area contributed by atoms with Gasteiger partial charge < -0.3 is 10.6 Å². The summed E-state index contributed by atoms with van der Waals surface area (Å²) < 4.78 is 0.872. The zero-order valence-corrected chi connectivity index (χ0v) is 10.9. The third-order valence-electron chi connectivity index (χ3n) is 2.59. The number of hydrogen-bond donors (Lipinski definition) is 2. The summed E-state index contributed by atoms with van der Waals surface area (Å²) in [5, 5.41) is 6.51. The summed E-state index contributed by atoms with van der Waals surface area (Å²) in [6, 6.07) is 5.26. The van der Waals surface area contributed by atoms with E-state index in [0.29, 0.717) is 23.0 Å². The Morgan fingerprint density at radius 2 is 2.31 bits per heavy atom. The first kappa shape index (κ1) is 11.9. The van der Waals surface area contributed by atoms with Gasteiger partial charge in [0.2, 0.25) is 0 Å². The van der Waals surface area contributed by atoms with Gasteiger partial charge in [0.05, 0.1) is 10.6 Å². The van der Waals surface area contributed by atoms with Gasteiger partial charge in [-0.1, -0.05) is 27.5 Å². The second-order valence-corrected chi connectivity index (χ2v) is 5.18. The zero-order chi connectivity index (χ0) is 11.5. The summed E-state index contributed by atoms with van der Waals surface area (Å²) in [4.78, 5) is 11.8. The zero-order valence-electron chi connectivity index (χ0n) is 8.59. The molecule has 1 amide bonds. The highest BCUT2D eigenvalue weighted by molar-refractivity contribution is 9.10. The van der Waals surface area contributed by atoms with Gasteiger partial charge in [0.1, 0.15) is 0 Å². The molecule has 1 aliphatic rings. The Balaban J connectivity index is 1.96. The lowest BCUT2D eigenvalue weighted by Crippen LogP contribution is -2.48. The van der Waals surface area contributed by atoms with Gasteiger partial charge in [-0.2, -0.15) is 0 Å². The molecule has 1 aliphatic heterocycles. The summed E-state index contributed by atoms with van der Waals surface area (Å²) >= 11 is 9.29. The van der Waals surface area contributed by atoms with Crippen LogP contribution in [0.5, 0.6) is 0 Å². The van der Waals surface area contributed by atoms with Gasteiger partial charge in [-0.15, -0.1) is 0 Å². The Morgan fingerprint density at radius 3 is 2.88 bits per heavy atom. The van der Waals surface area contributed by atoms with E-state index in [0.717, 1.165) is 17.6 Å². The van der Waals surface area contributed by atoms with Crippen LogP contribution in [0.25, 0.3) is 0 Å². The van der Waals surface area contributed by atoms with Crippen LogP contribution in [0.2, 0.25) is 5.02 Å². The van der Waals surface area contributed by atoms with Crippen LogP contribution in [0.3, 0.4) is 0 Å². The average molecular weight is 304 g/mol. The molecular formula is C11H12BrClN2O. The molecule has 0 spiro atoms. The molecule has 86 valence electrons. The smallest absolute Gasteiger partial charge is 0.252 e. The highest BCUT2D eigenvalue weighted by atomic mass is 79.9. The first-order valence-electron chi connectivity index (χ1n) is 5.11. The predicted octanol–water partition coefficient (Wildman–Crippen LogP) is 2.05. The summed E-state index contributed by atoms with van der Waals surface area (Å²) in [6.07, 6.45) is 0. The molecule has 5 heteroatoms. The minimum atomic E-state index is -0.107. The number of carbonyl (C=O) groups excluding carboxylic acids is 1. The maximum atomic E-state index is 11.8. The van der Waals surface area contributed by atoms with Gasteiger partial charge in [0.25, 0.3) is 5.91 Å². The molecule has 1 fully saturated rings. The Hall–Kier alpha value is -0.580. The third-order valence-corrected chi connectivity index (χ3v) is 3.40. The van der Waals surface area contributed by atoms with Gasteiger partial charge in [-0.3, -0.25) is 4.79 Å². The fourth-order valence-corrected chi connectivity index (χ4v) is 2.26. The van der Waals surface area contributed by atoms with Crippen molar-refractivity contribution in [1.29, 1.82) is 0 Å². The lowest BCUT2D eigenvalue weighted by molar-refractivity contribution is 0.0942. The Kier molecular flexibility index (Phi) is 3.84. The number of nitrogens with one attached hydrogen (secondary N) is 2. The van der Waals surface area contributed by atoms with Crippen LogP contribution in [0.1, 0.15) is 10.4 Å². The fourth-order valence-electron chi connectivity index (χ4n) is 1.50. The molecule has 1 heterocycles. The largest absolute Gasteiger partial charge is 0.352 e. The Labute approximate surface area is 108 Å². The maximum Gasteiger partial charge on any atom is 0.252 e. The van der Waals surface area contributed by atoms with Crippen LogP contribution < -0.4 is 10.6 Å². The van der Waals surface area contributed by atoms with Crippen molar-refractivity contribution in [3.63, 3.8) is 0 Å². The van der Waals surface area contributed by atoms with E-state index in [1.807, 2.05) is 6.07 Å². The standard InChI is InChI=1S/C11H12BrClN2O/c12-8-1-2-9(10(13)3-8)11(16)15-6-7-4-14-5-7/h1-3,7,14H,4-6H2,(H,15,16). The summed E-state index contributed by atoms with van der Waals surface area (Å²) in [6.45, 7) is 2.67. The van der Waals surface area contributed by atoms with Crippen molar-refractivity contribution in [2.75, 3.05) is 19.6 Å². The quantitative estimate of drug-likeness (QED) is 0.897. The predicted molar refractivity (Wildman–Crippen MR) is 67.8 cm³/mol. The normalized spacial score (nSPS) is 15.6. The molecule has 2 rings (SSSR count). The van der Waals surface area contributed by atoms with Crippen LogP contribution in [0.15, 0.2) is 22.7 Å². The van der Waals surface area contributed by atoms with Crippen LogP contribution in [0.4, 0.5) is 0 Å². The van der Waals surface area contributed by atoms with Gasteiger partial charge in [0, 0.05) is 30.0 Å². The SMILES string of the molecule is O=C(NCC1CNC1)c1ccc(Br)cc1Cl. The van der Waals surface area contributed by atoms with Gasteiger partial charge >= 0.3 is 0 Å². The number of carbonyl (C=O) groups is 1. The molecule has 2 N–H and O–H groups in total. The van der Waals surface area contributed by atoms with Crippen molar-refractivity contribution >= 4 is 33.4 Å². The maximum absolute atomic E-state index is 11.8. The second kappa shape index (κ2) is 5.17. The number of benzene rings is 1. The number of hydrogen-bond acceptors (Lipinski definition) is 2. The lowest BCUT2D eigenvalue weighted by atomic mass is 10.0. The molecule has 1 aromatic carbocycles. The number of rotatable bonds is 3. The Bertz CT molecular complexity index is 407. The minimum Gasteiger partial charge on any atom is -0.352 e. The van der Waals surface area contributed by atoms with E-state index >= 15 is 0 Å². The summed E-state index contributed by atoms with van der Waals surface area (Å²) in [7, 11) is 0. The third kappa shape index (κ3) is 2.75. The average Bonchev–Trinajstić information content (AvgIpc) is 2.14. The highest BCUT2D eigenvalue weighted by Crippen LogP contribution is 2.21. The van der Waals surface area contributed by atoms with Crippen molar-refractivity contribution in [1.82, 2.24) is 10.6 Å². The van der Waals surface area contributed by atoms with Crippen molar-refractivity contribution in [2.24, 2.45) is 5.92 Å². The van der Waals surface area contributed by atoms with Crippen LogP contribution in [0, 0.1) is 5.92 Å². The highest BCUT2D eigenvalue weighted by Gasteiger charge is 2.18. The van der Waals surface area contributed by atoms with Crippen LogP contribution >= 0.6 is 27.5 Å². The molecule has 3 nitrogen and oxygen atoms in total. The van der Waals surface area contributed by atoms with E-state index in [2.05, 4.69) is 26.6 Å². The van der Waals surface area contributed by atoms with Gasteiger partial charge in [0.15, 0.2) is 0 Å². The monoisotopic (exact) mass is 302 g/mol. The molecule has 0 unspecified atom stereocenters. The van der Waals surface area contributed by atoms with E-state index in [9.17, 15) is 4.79 Å². The fraction of sp³-hybridized carbons (Fsp3) is 0.364. The van der Waals surface area contributed by atoms with Crippen molar-refractivity contribution in [2.45, 2.75) is 0 Å². The number of halogens is 2. The molecule has 0 aromatic heterocycles. The molecule has 1 saturated heterocycles. The summed E-state index contributed by atoms with van der Waals surface area (Å²) in [5.74, 6) is 0.447. The van der Waals surface area contributed by atoms with E-state index in [1.165, 1.54) is 0 Å². The van der Waals surface area contributed by atoms with Crippen LogP contribution in [-0.2, 0) is 0 Å². The van der Waals surface area contributed by atoms with Gasteiger partial charge in [-0.05, 0) is 18.2 Å². The molecule has 0 aliphatic carbocycles. The van der Waals surface area contributed by atoms with Crippen molar-refractivity contribution < 1.29 is 4.79 Å².